The zero-order chi connectivity index (χ0) is 34.2. The first-order valence-corrected chi connectivity index (χ1v) is 17.1. The largest absolute Gasteiger partial charge is 0.228 e. The summed E-state index contributed by atoms with van der Waals surface area (Å²) >= 11 is 0. The van der Waals surface area contributed by atoms with E-state index in [1.807, 2.05) is 60.7 Å². The molecule has 0 bridgehead atoms. The highest BCUT2D eigenvalue weighted by atomic mass is 14.9. The van der Waals surface area contributed by atoms with Crippen LogP contribution in [0, 0.1) is 11.3 Å². The van der Waals surface area contributed by atoms with Gasteiger partial charge in [0.2, 0.25) is 0 Å². The molecule has 0 aliphatic heterocycles. The molecule has 1 aliphatic carbocycles. The van der Waals surface area contributed by atoms with Gasteiger partial charge in [0.15, 0.2) is 5.82 Å². The van der Waals surface area contributed by atoms with Gasteiger partial charge in [-0.1, -0.05) is 158 Å². The number of hydrogen-bond acceptors (Lipinski definition) is 3. The highest BCUT2D eigenvalue weighted by molar-refractivity contribution is 5.91. The van der Waals surface area contributed by atoms with Crippen molar-refractivity contribution in [3.63, 3.8) is 0 Å². The van der Waals surface area contributed by atoms with Crippen LogP contribution in [0.2, 0.25) is 0 Å². The molecule has 0 amide bonds. The second-order valence-corrected chi connectivity index (χ2v) is 12.9. The monoisotopic (exact) mass is 649 g/mol. The summed E-state index contributed by atoms with van der Waals surface area (Å²) in [4.78, 5) is 10.2. The summed E-state index contributed by atoms with van der Waals surface area (Å²) in [6.07, 6.45) is 0. The van der Waals surface area contributed by atoms with E-state index in [0.717, 1.165) is 39.2 Å². The summed E-state index contributed by atoms with van der Waals surface area (Å²) in [5, 5.41) is 9.43. The Labute approximate surface area is 297 Å². The zero-order valence-electron chi connectivity index (χ0n) is 27.7. The van der Waals surface area contributed by atoms with E-state index < -0.39 is 5.41 Å². The van der Waals surface area contributed by atoms with Gasteiger partial charge < -0.3 is 0 Å². The second kappa shape index (κ2) is 12.5. The Morgan fingerprint density at radius 3 is 1.39 bits per heavy atom. The molecule has 0 atom stereocenters. The molecule has 0 N–H and O–H groups in total. The standard InChI is InChI=1S/C48H31N3/c49-32-33-21-23-34(24-22-33)37-25-27-43-41(29-37)42-30-38(26-28-44(42)48(43,39-17-9-3-10-18-39)40-19-11-4-12-20-40)46-31-45(35-13-5-1-6-14-35)50-47(51-46)36-15-7-2-8-16-36/h1-31H. The smallest absolute Gasteiger partial charge is 0.160 e. The third-order valence-electron chi connectivity index (χ3n) is 10.0. The molecule has 3 nitrogen and oxygen atoms in total. The predicted molar refractivity (Wildman–Crippen MR) is 206 cm³/mol. The van der Waals surface area contributed by atoms with Gasteiger partial charge in [0.25, 0.3) is 0 Å². The van der Waals surface area contributed by atoms with E-state index in [0.29, 0.717) is 11.4 Å². The van der Waals surface area contributed by atoms with Gasteiger partial charge in [-0.3, -0.25) is 0 Å². The minimum Gasteiger partial charge on any atom is -0.228 e. The van der Waals surface area contributed by atoms with Crippen LogP contribution in [0.5, 0.6) is 0 Å². The van der Waals surface area contributed by atoms with E-state index in [-0.39, 0.29) is 0 Å². The molecule has 1 aliphatic rings. The van der Waals surface area contributed by atoms with Crippen LogP contribution >= 0.6 is 0 Å². The number of aromatic nitrogens is 2. The Kier molecular flexibility index (Phi) is 7.42. The van der Waals surface area contributed by atoms with Crippen LogP contribution in [-0.4, -0.2) is 9.97 Å². The molecule has 7 aromatic carbocycles. The fourth-order valence-electron chi connectivity index (χ4n) is 7.64. The summed E-state index contributed by atoms with van der Waals surface area (Å²) in [5.74, 6) is 0.693. The molecule has 0 spiro atoms. The van der Waals surface area contributed by atoms with Gasteiger partial charge in [0, 0.05) is 16.7 Å². The van der Waals surface area contributed by atoms with E-state index in [1.54, 1.807) is 0 Å². The Balaban J connectivity index is 1.31. The molecule has 3 heteroatoms. The quantitative estimate of drug-likeness (QED) is 0.180. The van der Waals surface area contributed by atoms with Crippen molar-refractivity contribution in [2.24, 2.45) is 0 Å². The molecular formula is C48H31N3. The van der Waals surface area contributed by atoms with Crippen LogP contribution < -0.4 is 0 Å². The van der Waals surface area contributed by atoms with Crippen molar-refractivity contribution in [2.75, 3.05) is 0 Å². The Morgan fingerprint density at radius 1 is 0.392 bits per heavy atom. The van der Waals surface area contributed by atoms with Crippen molar-refractivity contribution >= 4 is 0 Å². The van der Waals surface area contributed by atoms with Gasteiger partial charge >= 0.3 is 0 Å². The fourth-order valence-corrected chi connectivity index (χ4v) is 7.64. The lowest BCUT2D eigenvalue weighted by atomic mass is 9.67. The molecule has 0 radical (unpaired) electrons. The molecule has 8 aromatic rings. The summed E-state index contributed by atoms with van der Waals surface area (Å²) in [7, 11) is 0. The van der Waals surface area contributed by atoms with Crippen molar-refractivity contribution in [1.29, 1.82) is 5.26 Å². The van der Waals surface area contributed by atoms with Crippen LogP contribution in [0.1, 0.15) is 27.8 Å². The van der Waals surface area contributed by atoms with Gasteiger partial charge in [-0.15, -0.1) is 0 Å². The molecule has 0 saturated heterocycles. The lowest BCUT2D eigenvalue weighted by Crippen LogP contribution is -2.28. The minimum atomic E-state index is -0.523. The van der Waals surface area contributed by atoms with Gasteiger partial charge in [0.05, 0.1) is 28.4 Å². The first-order valence-electron chi connectivity index (χ1n) is 17.1. The van der Waals surface area contributed by atoms with Crippen molar-refractivity contribution in [3.8, 4) is 62.2 Å². The van der Waals surface area contributed by atoms with E-state index in [2.05, 4.69) is 133 Å². The minimum absolute atomic E-state index is 0.523. The molecule has 1 heterocycles. The summed E-state index contributed by atoms with van der Waals surface area (Å²) in [6.45, 7) is 0. The molecule has 0 fully saturated rings. The highest BCUT2D eigenvalue weighted by Gasteiger charge is 2.46. The maximum Gasteiger partial charge on any atom is 0.160 e. The average molecular weight is 650 g/mol. The molecule has 0 saturated carbocycles. The first-order chi connectivity index (χ1) is 25.2. The number of fused-ring (bicyclic) bond motifs is 3. The third kappa shape index (κ3) is 5.14. The Hall–Kier alpha value is -6.89. The van der Waals surface area contributed by atoms with Crippen LogP contribution in [0.25, 0.3) is 56.2 Å². The molecule has 0 unspecified atom stereocenters. The van der Waals surface area contributed by atoms with E-state index in [1.165, 1.54) is 33.4 Å². The lowest BCUT2D eigenvalue weighted by molar-refractivity contribution is 0.768. The van der Waals surface area contributed by atoms with Crippen molar-refractivity contribution < 1.29 is 0 Å². The molecule has 51 heavy (non-hydrogen) atoms. The number of rotatable bonds is 6. The topological polar surface area (TPSA) is 49.6 Å². The van der Waals surface area contributed by atoms with Gasteiger partial charge in [-0.2, -0.15) is 5.26 Å². The van der Waals surface area contributed by atoms with Crippen molar-refractivity contribution in [1.82, 2.24) is 9.97 Å². The van der Waals surface area contributed by atoms with Crippen LogP contribution in [0.15, 0.2) is 188 Å². The lowest BCUT2D eigenvalue weighted by Gasteiger charge is -2.34. The summed E-state index contributed by atoms with van der Waals surface area (Å²) in [5.41, 5.74) is 14.4. The van der Waals surface area contributed by atoms with Crippen LogP contribution in [0.4, 0.5) is 0 Å². The number of hydrogen-bond donors (Lipinski definition) is 0. The highest BCUT2D eigenvalue weighted by Crippen LogP contribution is 2.57. The van der Waals surface area contributed by atoms with Crippen LogP contribution in [0.3, 0.4) is 0 Å². The zero-order valence-corrected chi connectivity index (χ0v) is 27.7. The first kappa shape index (κ1) is 30.2. The van der Waals surface area contributed by atoms with Gasteiger partial charge in [-0.05, 0) is 74.8 Å². The maximum atomic E-state index is 9.43. The third-order valence-corrected chi connectivity index (χ3v) is 10.0. The predicted octanol–water partition coefficient (Wildman–Crippen LogP) is 11.4. The number of benzene rings is 7. The van der Waals surface area contributed by atoms with Crippen LogP contribution in [-0.2, 0) is 5.41 Å². The van der Waals surface area contributed by atoms with Crippen molar-refractivity contribution in [2.45, 2.75) is 5.41 Å². The van der Waals surface area contributed by atoms with Gasteiger partial charge in [-0.25, -0.2) is 9.97 Å². The number of nitriles is 1. The van der Waals surface area contributed by atoms with E-state index >= 15 is 0 Å². The molecule has 238 valence electrons. The normalized spacial score (nSPS) is 12.5. The average Bonchev–Trinajstić information content (AvgIpc) is 3.52. The number of nitrogens with zero attached hydrogens (tertiary/aromatic N) is 3. The van der Waals surface area contributed by atoms with Crippen molar-refractivity contribution in [3.05, 3.63) is 216 Å². The summed E-state index contributed by atoms with van der Waals surface area (Å²) < 4.78 is 0. The second-order valence-electron chi connectivity index (χ2n) is 12.9. The molecule has 1 aromatic heterocycles. The fraction of sp³-hybridized carbons (Fsp3) is 0.0208. The van der Waals surface area contributed by atoms with E-state index in [4.69, 9.17) is 9.97 Å². The Morgan fingerprint density at radius 2 is 0.843 bits per heavy atom. The SMILES string of the molecule is N#Cc1ccc(-c2ccc3c(c2)-c2cc(-c4cc(-c5ccccc5)nc(-c5ccccc5)n4)ccc2C3(c2ccccc2)c2ccccc2)cc1. The molecular weight excluding hydrogens is 619 g/mol. The van der Waals surface area contributed by atoms with Gasteiger partial charge in [0.1, 0.15) is 0 Å². The maximum absolute atomic E-state index is 9.43. The molecule has 9 rings (SSSR count). The Bertz CT molecular complexity index is 2460. The summed E-state index contributed by atoms with van der Waals surface area (Å²) in [6, 6.07) is 68.1. The van der Waals surface area contributed by atoms with E-state index in [9.17, 15) is 5.26 Å².